The molecule has 1 aromatic carbocycles. The Hall–Kier alpha value is -2.54. The SMILES string of the molecule is C=C(C)CC(CC#Cc1ccccc1)(C(=O)OCC)C(=O)OCC. The highest BCUT2D eigenvalue weighted by atomic mass is 16.6. The van der Waals surface area contributed by atoms with Crippen LogP contribution in [0.25, 0.3) is 0 Å². The molecule has 24 heavy (non-hydrogen) atoms. The molecule has 0 aliphatic rings. The second-order valence-corrected chi connectivity index (χ2v) is 5.50. The molecule has 0 aliphatic heterocycles. The van der Waals surface area contributed by atoms with Gasteiger partial charge in [-0.3, -0.25) is 9.59 Å². The highest BCUT2D eigenvalue weighted by molar-refractivity contribution is 6.00. The lowest BCUT2D eigenvalue weighted by Gasteiger charge is -2.27. The summed E-state index contributed by atoms with van der Waals surface area (Å²) >= 11 is 0. The third-order valence-corrected chi connectivity index (χ3v) is 3.33. The van der Waals surface area contributed by atoms with E-state index in [4.69, 9.17) is 9.47 Å². The van der Waals surface area contributed by atoms with Crippen LogP contribution in [0.15, 0.2) is 42.5 Å². The van der Waals surface area contributed by atoms with Gasteiger partial charge in [-0.05, 0) is 39.3 Å². The van der Waals surface area contributed by atoms with E-state index >= 15 is 0 Å². The van der Waals surface area contributed by atoms with Gasteiger partial charge in [0.25, 0.3) is 0 Å². The topological polar surface area (TPSA) is 52.6 Å². The number of allylic oxidation sites excluding steroid dienone is 1. The number of hydrogen-bond acceptors (Lipinski definition) is 4. The van der Waals surface area contributed by atoms with Gasteiger partial charge < -0.3 is 9.47 Å². The number of rotatable bonds is 7. The molecular formula is C20H24O4. The molecule has 1 aromatic rings. The van der Waals surface area contributed by atoms with Crippen LogP contribution in [-0.4, -0.2) is 25.2 Å². The minimum atomic E-state index is -1.47. The Kier molecular flexibility index (Phi) is 7.77. The Labute approximate surface area is 143 Å². The Balaban J connectivity index is 3.18. The van der Waals surface area contributed by atoms with E-state index in [1.54, 1.807) is 20.8 Å². The van der Waals surface area contributed by atoms with Crippen molar-refractivity contribution in [1.29, 1.82) is 0 Å². The average Bonchev–Trinajstić information content (AvgIpc) is 2.54. The summed E-state index contributed by atoms with van der Waals surface area (Å²) in [4.78, 5) is 25.1. The average molecular weight is 328 g/mol. The Morgan fingerprint density at radius 3 is 2.08 bits per heavy atom. The molecule has 0 spiro atoms. The van der Waals surface area contributed by atoms with Gasteiger partial charge in [0, 0.05) is 12.0 Å². The van der Waals surface area contributed by atoms with Crippen molar-refractivity contribution in [3.63, 3.8) is 0 Å². The zero-order valence-electron chi connectivity index (χ0n) is 14.6. The fourth-order valence-electron chi connectivity index (χ4n) is 2.31. The fraction of sp³-hybridized carbons (Fsp3) is 0.400. The molecule has 0 radical (unpaired) electrons. The predicted molar refractivity (Wildman–Crippen MR) is 93.1 cm³/mol. The van der Waals surface area contributed by atoms with Gasteiger partial charge >= 0.3 is 11.9 Å². The maximum atomic E-state index is 12.5. The van der Waals surface area contributed by atoms with Gasteiger partial charge in [-0.2, -0.15) is 0 Å². The molecule has 1 rings (SSSR count). The van der Waals surface area contributed by atoms with E-state index in [-0.39, 0.29) is 26.1 Å². The van der Waals surface area contributed by atoms with E-state index in [9.17, 15) is 9.59 Å². The summed E-state index contributed by atoms with van der Waals surface area (Å²) in [6.07, 6.45) is 0.167. The van der Waals surface area contributed by atoms with Crippen LogP contribution in [0, 0.1) is 17.3 Å². The Bertz CT molecular complexity index is 617. The van der Waals surface area contributed by atoms with Crippen molar-refractivity contribution in [1.82, 2.24) is 0 Å². The smallest absolute Gasteiger partial charge is 0.324 e. The van der Waals surface area contributed by atoms with E-state index in [2.05, 4.69) is 18.4 Å². The number of hydrogen-bond donors (Lipinski definition) is 0. The monoisotopic (exact) mass is 328 g/mol. The van der Waals surface area contributed by atoms with Crippen molar-refractivity contribution < 1.29 is 19.1 Å². The maximum absolute atomic E-state index is 12.5. The summed E-state index contributed by atoms with van der Waals surface area (Å²) in [6, 6.07) is 9.38. The normalized spacial score (nSPS) is 10.3. The first-order valence-electron chi connectivity index (χ1n) is 7.99. The second-order valence-electron chi connectivity index (χ2n) is 5.50. The first-order valence-corrected chi connectivity index (χ1v) is 7.99. The minimum absolute atomic E-state index is 0.0203. The van der Waals surface area contributed by atoms with Gasteiger partial charge in [0.05, 0.1) is 13.2 Å². The molecule has 0 unspecified atom stereocenters. The molecular weight excluding hydrogens is 304 g/mol. The van der Waals surface area contributed by atoms with Crippen LogP contribution < -0.4 is 0 Å². The van der Waals surface area contributed by atoms with Crippen molar-refractivity contribution in [2.45, 2.75) is 33.6 Å². The van der Waals surface area contributed by atoms with Crippen LogP contribution in [-0.2, 0) is 19.1 Å². The molecule has 0 saturated carbocycles. The zero-order valence-corrected chi connectivity index (χ0v) is 14.6. The molecule has 0 aliphatic carbocycles. The highest BCUT2D eigenvalue weighted by Gasteiger charge is 2.48. The first kappa shape index (κ1) is 19.5. The number of esters is 2. The van der Waals surface area contributed by atoms with Gasteiger partial charge in [-0.25, -0.2) is 0 Å². The Morgan fingerprint density at radius 2 is 1.62 bits per heavy atom. The predicted octanol–water partition coefficient (Wildman–Crippen LogP) is 3.51. The van der Waals surface area contributed by atoms with Crippen molar-refractivity contribution in [3.05, 3.63) is 48.0 Å². The van der Waals surface area contributed by atoms with Gasteiger partial charge in [0.2, 0.25) is 0 Å². The standard InChI is InChI=1S/C20H24O4/c1-5-23-18(21)20(15-16(3)4,19(22)24-6-2)14-10-13-17-11-8-7-9-12-17/h7-9,11-12H,3,5-6,14-15H2,1-2,4H3. The molecule has 0 saturated heterocycles. The molecule has 0 aromatic heterocycles. The third-order valence-electron chi connectivity index (χ3n) is 3.33. The summed E-state index contributed by atoms with van der Waals surface area (Å²) < 4.78 is 10.3. The lowest BCUT2D eigenvalue weighted by Crippen LogP contribution is -2.42. The number of carbonyl (C=O) groups is 2. The second kappa shape index (κ2) is 9.57. The quantitative estimate of drug-likeness (QED) is 0.333. The molecule has 128 valence electrons. The van der Waals surface area contributed by atoms with Crippen LogP contribution in [0.1, 0.15) is 39.2 Å². The first-order chi connectivity index (χ1) is 11.5. The van der Waals surface area contributed by atoms with E-state index < -0.39 is 17.4 Å². The molecule has 0 fully saturated rings. The van der Waals surface area contributed by atoms with E-state index in [1.807, 2.05) is 30.3 Å². The van der Waals surface area contributed by atoms with Crippen molar-refractivity contribution >= 4 is 11.9 Å². The summed E-state index contributed by atoms with van der Waals surface area (Å²) in [7, 11) is 0. The molecule has 4 nitrogen and oxygen atoms in total. The van der Waals surface area contributed by atoms with E-state index in [0.717, 1.165) is 5.56 Å². The molecule has 0 N–H and O–H groups in total. The fourth-order valence-corrected chi connectivity index (χ4v) is 2.31. The maximum Gasteiger partial charge on any atom is 0.324 e. The molecule has 4 heteroatoms. The largest absolute Gasteiger partial charge is 0.465 e. The molecule has 0 atom stereocenters. The van der Waals surface area contributed by atoms with Crippen molar-refractivity contribution in [3.8, 4) is 11.8 Å². The lowest BCUT2D eigenvalue weighted by atomic mass is 9.79. The molecule has 0 heterocycles. The molecule has 0 bridgehead atoms. The number of ether oxygens (including phenoxy) is 2. The van der Waals surface area contributed by atoms with Crippen molar-refractivity contribution in [2.24, 2.45) is 5.41 Å². The number of carbonyl (C=O) groups excluding carboxylic acids is 2. The Morgan fingerprint density at radius 1 is 1.08 bits per heavy atom. The summed E-state index contributed by atoms with van der Waals surface area (Å²) in [5.41, 5.74) is 0.0340. The van der Waals surface area contributed by atoms with Crippen LogP contribution in [0.5, 0.6) is 0 Å². The van der Waals surface area contributed by atoms with Crippen LogP contribution in [0.4, 0.5) is 0 Å². The third kappa shape index (κ3) is 5.27. The van der Waals surface area contributed by atoms with E-state index in [0.29, 0.717) is 5.57 Å². The summed E-state index contributed by atoms with van der Waals surface area (Å²) in [5.74, 6) is 4.67. The lowest BCUT2D eigenvalue weighted by molar-refractivity contribution is -0.171. The van der Waals surface area contributed by atoms with Gasteiger partial charge in [0.1, 0.15) is 0 Å². The van der Waals surface area contributed by atoms with Crippen LogP contribution in [0.3, 0.4) is 0 Å². The van der Waals surface area contributed by atoms with Crippen molar-refractivity contribution in [2.75, 3.05) is 13.2 Å². The summed E-state index contributed by atoms with van der Waals surface area (Å²) in [5, 5.41) is 0. The van der Waals surface area contributed by atoms with Crippen LogP contribution in [0.2, 0.25) is 0 Å². The number of benzene rings is 1. The minimum Gasteiger partial charge on any atom is -0.465 e. The highest BCUT2D eigenvalue weighted by Crippen LogP contribution is 2.33. The zero-order chi connectivity index (χ0) is 18.0. The van der Waals surface area contributed by atoms with Crippen LogP contribution >= 0.6 is 0 Å². The van der Waals surface area contributed by atoms with Gasteiger partial charge in [-0.1, -0.05) is 35.6 Å². The molecule has 0 amide bonds. The van der Waals surface area contributed by atoms with E-state index in [1.165, 1.54) is 0 Å². The van der Waals surface area contributed by atoms with Gasteiger partial charge in [0.15, 0.2) is 5.41 Å². The van der Waals surface area contributed by atoms with Gasteiger partial charge in [-0.15, -0.1) is 6.58 Å². The summed E-state index contributed by atoms with van der Waals surface area (Å²) in [6.45, 7) is 9.35.